The Morgan fingerprint density at radius 2 is 1.95 bits per heavy atom. The van der Waals surface area contributed by atoms with Crippen molar-refractivity contribution in [1.82, 2.24) is 14.5 Å². The summed E-state index contributed by atoms with van der Waals surface area (Å²) in [7, 11) is 0. The summed E-state index contributed by atoms with van der Waals surface area (Å²) in [4.78, 5) is 21.5. The molecule has 1 saturated carbocycles. The van der Waals surface area contributed by atoms with Crippen molar-refractivity contribution in [3.05, 3.63) is 59.1 Å². The molecule has 3 heterocycles. The van der Waals surface area contributed by atoms with Crippen LogP contribution in [-0.4, -0.2) is 14.5 Å². The van der Waals surface area contributed by atoms with E-state index in [-0.39, 0.29) is 5.56 Å². The molecule has 0 radical (unpaired) electrons. The Morgan fingerprint density at radius 3 is 2.71 bits per heavy atom. The quantitative estimate of drug-likeness (QED) is 0.739. The molecule has 0 aliphatic heterocycles. The van der Waals surface area contributed by atoms with Gasteiger partial charge in [0.1, 0.15) is 5.65 Å². The molecule has 21 heavy (non-hydrogen) atoms. The molecule has 0 saturated heterocycles. The number of pyridine rings is 3. The van der Waals surface area contributed by atoms with Gasteiger partial charge in [-0.25, -0.2) is 4.98 Å². The molecule has 0 unspecified atom stereocenters. The van der Waals surface area contributed by atoms with Crippen LogP contribution in [0.2, 0.25) is 0 Å². The third kappa shape index (κ3) is 2.23. The fraction of sp³-hybridized carbons (Fsp3) is 0.235. The zero-order valence-electron chi connectivity index (χ0n) is 11.6. The Labute approximate surface area is 122 Å². The molecule has 0 atom stereocenters. The van der Waals surface area contributed by atoms with E-state index in [1.54, 1.807) is 12.4 Å². The second kappa shape index (κ2) is 4.81. The molecule has 1 aliphatic carbocycles. The molecule has 1 fully saturated rings. The highest BCUT2D eigenvalue weighted by Crippen LogP contribution is 2.31. The highest BCUT2D eigenvalue weighted by atomic mass is 16.1. The summed E-state index contributed by atoms with van der Waals surface area (Å²) < 4.78 is 1.82. The third-order valence-corrected chi connectivity index (χ3v) is 3.93. The lowest BCUT2D eigenvalue weighted by atomic mass is 10.1. The van der Waals surface area contributed by atoms with Crippen LogP contribution >= 0.6 is 0 Å². The van der Waals surface area contributed by atoms with Crippen molar-refractivity contribution in [3.8, 4) is 11.3 Å². The monoisotopic (exact) mass is 277 g/mol. The summed E-state index contributed by atoms with van der Waals surface area (Å²) in [6.07, 6.45) is 5.86. The number of aromatic nitrogens is 3. The van der Waals surface area contributed by atoms with Gasteiger partial charge in [-0.1, -0.05) is 6.07 Å². The van der Waals surface area contributed by atoms with Gasteiger partial charge in [0.15, 0.2) is 0 Å². The van der Waals surface area contributed by atoms with Gasteiger partial charge in [0.2, 0.25) is 0 Å². The van der Waals surface area contributed by atoms with Crippen molar-refractivity contribution in [1.29, 1.82) is 0 Å². The largest absolute Gasteiger partial charge is 0.292 e. The molecule has 0 spiro atoms. The molecule has 0 N–H and O–H groups in total. The fourth-order valence-electron chi connectivity index (χ4n) is 2.64. The first-order valence-electron chi connectivity index (χ1n) is 7.23. The minimum absolute atomic E-state index is 0.00630. The van der Waals surface area contributed by atoms with Crippen LogP contribution in [0.25, 0.3) is 22.3 Å². The highest BCUT2D eigenvalue weighted by Gasteiger charge is 2.24. The minimum Gasteiger partial charge on any atom is -0.292 e. The van der Waals surface area contributed by atoms with E-state index in [1.807, 2.05) is 41.0 Å². The van der Waals surface area contributed by atoms with Gasteiger partial charge < -0.3 is 0 Å². The van der Waals surface area contributed by atoms with Crippen LogP contribution in [-0.2, 0) is 6.54 Å². The molecule has 4 rings (SSSR count). The first-order chi connectivity index (χ1) is 10.3. The lowest BCUT2D eigenvalue weighted by molar-refractivity contribution is 0.623. The average molecular weight is 277 g/mol. The van der Waals surface area contributed by atoms with E-state index in [0.29, 0.717) is 11.5 Å². The molecule has 4 heteroatoms. The average Bonchev–Trinajstić information content (AvgIpc) is 3.35. The van der Waals surface area contributed by atoms with Gasteiger partial charge in [-0.05, 0) is 49.1 Å². The molecular weight excluding hydrogens is 262 g/mol. The van der Waals surface area contributed by atoms with Gasteiger partial charge in [0.25, 0.3) is 5.56 Å². The first kappa shape index (κ1) is 12.3. The minimum atomic E-state index is 0.00630. The number of hydrogen-bond acceptors (Lipinski definition) is 3. The summed E-state index contributed by atoms with van der Waals surface area (Å²) in [5.41, 5.74) is 2.15. The maximum atomic E-state index is 12.8. The normalized spacial score (nSPS) is 14.5. The van der Waals surface area contributed by atoms with E-state index in [1.165, 1.54) is 12.8 Å². The SMILES string of the molecule is O=c1c(-c2ccccn2)cc2cccnc2n1CC1CC1. The number of rotatable bonds is 3. The van der Waals surface area contributed by atoms with Crippen LogP contribution in [0.5, 0.6) is 0 Å². The van der Waals surface area contributed by atoms with Crippen molar-refractivity contribution in [2.75, 3.05) is 0 Å². The molecule has 0 amide bonds. The lowest BCUT2D eigenvalue weighted by Gasteiger charge is -2.11. The van der Waals surface area contributed by atoms with Crippen LogP contribution in [0.3, 0.4) is 0 Å². The van der Waals surface area contributed by atoms with Gasteiger partial charge in [-0.3, -0.25) is 14.3 Å². The van der Waals surface area contributed by atoms with Crippen molar-refractivity contribution >= 4 is 11.0 Å². The van der Waals surface area contributed by atoms with Crippen LogP contribution in [0, 0.1) is 5.92 Å². The van der Waals surface area contributed by atoms with Crippen LogP contribution in [0.4, 0.5) is 0 Å². The van der Waals surface area contributed by atoms with Crippen molar-refractivity contribution in [2.24, 2.45) is 5.92 Å². The topological polar surface area (TPSA) is 47.8 Å². The predicted octanol–water partition coefficient (Wildman–Crippen LogP) is 2.87. The first-order valence-corrected chi connectivity index (χ1v) is 7.23. The van der Waals surface area contributed by atoms with Crippen molar-refractivity contribution in [2.45, 2.75) is 19.4 Å². The van der Waals surface area contributed by atoms with Gasteiger partial charge in [0.05, 0.1) is 11.3 Å². The molecule has 104 valence electrons. The maximum Gasteiger partial charge on any atom is 0.261 e. The zero-order chi connectivity index (χ0) is 14.2. The predicted molar refractivity (Wildman–Crippen MR) is 82.0 cm³/mol. The number of fused-ring (bicyclic) bond motifs is 1. The zero-order valence-corrected chi connectivity index (χ0v) is 11.6. The second-order valence-electron chi connectivity index (χ2n) is 5.55. The van der Waals surface area contributed by atoms with Gasteiger partial charge in [0, 0.05) is 24.3 Å². The van der Waals surface area contributed by atoms with E-state index in [2.05, 4.69) is 9.97 Å². The van der Waals surface area contributed by atoms with E-state index >= 15 is 0 Å². The Morgan fingerprint density at radius 1 is 1.10 bits per heavy atom. The van der Waals surface area contributed by atoms with E-state index in [4.69, 9.17) is 0 Å². The molecular formula is C17H15N3O. The molecule has 1 aliphatic rings. The molecule has 4 nitrogen and oxygen atoms in total. The van der Waals surface area contributed by atoms with E-state index in [0.717, 1.165) is 23.3 Å². The summed E-state index contributed by atoms with van der Waals surface area (Å²) in [6, 6.07) is 11.4. The Bertz CT molecular complexity index is 851. The lowest BCUT2D eigenvalue weighted by Crippen LogP contribution is -2.24. The van der Waals surface area contributed by atoms with Gasteiger partial charge in [-0.15, -0.1) is 0 Å². The molecule has 3 aromatic heterocycles. The molecule has 3 aromatic rings. The smallest absolute Gasteiger partial charge is 0.261 e. The molecule has 0 bridgehead atoms. The van der Waals surface area contributed by atoms with Crippen LogP contribution in [0.15, 0.2) is 53.6 Å². The Balaban J connectivity index is 1.99. The van der Waals surface area contributed by atoms with Crippen LogP contribution < -0.4 is 5.56 Å². The maximum absolute atomic E-state index is 12.8. The van der Waals surface area contributed by atoms with E-state index < -0.39 is 0 Å². The second-order valence-corrected chi connectivity index (χ2v) is 5.55. The highest BCUT2D eigenvalue weighted by molar-refractivity contribution is 5.80. The summed E-state index contributed by atoms with van der Waals surface area (Å²) >= 11 is 0. The number of hydrogen-bond donors (Lipinski definition) is 0. The summed E-state index contributed by atoms with van der Waals surface area (Å²) in [6.45, 7) is 0.757. The third-order valence-electron chi connectivity index (χ3n) is 3.93. The van der Waals surface area contributed by atoms with Crippen molar-refractivity contribution < 1.29 is 0 Å². The Kier molecular flexibility index (Phi) is 2.81. The van der Waals surface area contributed by atoms with Gasteiger partial charge in [-0.2, -0.15) is 0 Å². The van der Waals surface area contributed by atoms with Crippen molar-refractivity contribution in [3.63, 3.8) is 0 Å². The number of nitrogens with zero attached hydrogens (tertiary/aromatic N) is 3. The summed E-state index contributed by atoms with van der Waals surface area (Å²) in [5.74, 6) is 0.617. The van der Waals surface area contributed by atoms with E-state index in [9.17, 15) is 4.79 Å². The fourth-order valence-corrected chi connectivity index (χ4v) is 2.64. The van der Waals surface area contributed by atoms with Crippen LogP contribution in [0.1, 0.15) is 12.8 Å². The summed E-state index contributed by atoms with van der Waals surface area (Å²) in [5, 5.41) is 0.985. The van der Waals surface area contributed by atoms with Gasteiger partial charge >= 0.3 is 0 Å². The Hall–Kier alpha value is -2.49. The molecule has 0 aromatic carbocycles. The standard InChI is InChI=1S/C17H15N3O/c21-17-14(15-5-1-2-8-18-15)10-13-4-3-9-19-16(13)20(17)11-12-6-7-12/h1-5,8-10,12H,6-7,11H2.